The second kappa shape index (κ2) is 5.35. The number of hydrogen-bond acceptors (Lipinski definition) is 8. The first-order chi connectivity index (χ1) is 11.8. The van der Waals surface area contributed by atoms with Crippen LogP contribution in [0.1, 0.15) is 31.8 Å². The van der Waals surface area contributed by atoms with Gasteiger partial charge < -0.3 is 11.5 Å². The van der Waals surface area contributed by atoms with Crippen molar-refractivity contribution in [3.8, 4) is 0 Å². The van der Waals surface area contributed by atoms with Crippen molar-refractivity contribution in [2.45, 2.75) is 9.79 Å². The molecule has 0 atom stereocenters. The topological polar surface area (TPSA) is 195 Å². The Balaban J connectivity index is 2.38. The molecule has 3 rings (SSSR count). The van der Waals surface area contributed by atoms with Crippen LogP contribution < -0.4 is 11.5 Å². The van der Waals surface area contributed by atoms with E-state index in [1.165, 1.54) is 0 Å². The molecule has 0 fully saturated rings. The van der Waals surface area contributed by atoms with Crippen LogP contribution in [-0.4, -0.2) is 37.5 Å². The fourth-order valence-electron chi connectivity index (χ4n) is 2.73. The fraction of sp³-hybridized carbons (Fsp3) is 0. The van der Waals surface area contributed by atoms with Gasteiger partial charge in [0.15, 0.2) is 11.6 Å². The molecule has 0 saturated carbocycles. The van der Waals surface area contributed by atoms with Gasteiger partial charge in [-0.1, -0.05) is 0 Å². The maximum absolute atomic E-state index is 12.7. The zero-order chi connectivity index (χ0) is 19.6. The highest BCUT2D eigenvalue weighted by Gasteiger charge is 2.36. The summed E-state index contributed by atoms with van der Waals surface area (Å²) >= 11 is 0. The minimum absolute atomic E-state index is 0.256. The summed E-state index contributed by atoms with van der Waals surface area (Å²) in [6.07, 6.45) is 0. The maximum Gasteiger partial charge on any atom is 0.296 e. The van der Waals surface area contributed by atoms with Gasteiger partial charge in [-0.3, -0.25) is 18.7 Å². The minimum Gasteiger partial charge on any atom is -0.398 e. The van der Waals surface area contributed by atoms with Crippen molar-refractivity contribution < 1.29 is 35.5 Å². The van der Waals surface area contributed by atoms with E-state index in [1.807, 2.05) is 0 Å². The molecule has 26 heavy (non-hydrogen) atoms. The molecule has 0 bridgehead atoms. The van der Waals surface area contributed by atoms with Gasteiger partial charge in [0.2, 0.25) is 0 Å². The van der Waals surface area contributed by atoms with Crippen molar-refractivity contribution in [3.05, 3.63) is 46.5 Å². The van der Waals surface area contributed by atoms with Crippen molar-refractivity contribution in [2.75, 3.05) is 11.5 Å². The largest absolute Gasteiger partial charge is 0.398 e. The van der Waals surface area contributed by atoms with Gasteiger partial charge in [-0.15, -0.1) is 0 Å². The monoisotopic (exact) mass is 398 g/mol. The maximum atomic E-state index is 12.7. The standard InChI is InChI=1S/C14H10N2O8S2/c15-8-4-9(26(22,23)24)12(16)11-10(8)14(18)7-3-5(25(19,20)21)1-2-6(7)13(11)17/h1-4H,15-16H2,(H,19,20,21)(H,22,23,24). The van der Waals surface area contributed by atoms with Crippen molar-refractivity contribution in [1.29, 1.82) is 0 Å². The van der Waals surface area contributed by atoms with Crippen LogP contribution in [0.4, 0.5) is 11.4 Å². The smallest absolute Gasteiger partial charge is 0.296 e. The van der Waals surface area contributed by atoms with Gasteiger partial charge in [-0.05, 0) is 24.3 Å². The van der Waals surface area contributed by atoms with Crippen LogP contribution in [0, 0.1) is 0 Å². The molecule has 0 amide bonds. The number of carbonyl (C=O) groups is 2. The molecule has 0 heterocycles. The zero-order valence-electron chi connectivity index (χ0n) is 12.6. The lowest BCUT2D eigenvalue weighted by Crippen LogP contribution is -2.25. The highest BCUT2D eigenvalue weighted by molar-refractivity contribution is 7.86. The van der Waals surface area contributed by atoms with Gasteiger partial charge in [-0.2, -0.15) is 16.8 Å². The molecule has 1 aliphatic carbocycles. The summed E-state index contributed by atoms with van der Waals surface area (Å²) in [5.41, 5.74) is 8.72. The highest BCUT2D eigenvalue weighted by atomic mass is 32.2. The predicted molar refractivity (Wildman–Crippen MR) is 88.2 cm³/mol. The molecule has 6 N–H and O–H groups in total. The van der Waals surface area contributed by atoms with Gasteiger partial charge in [0, 0.05) is 16.8 Å². The first-order valence-electron chi connectivity index (χ1n) is 6.74. The van der Waals surface area contributed by atoms with E-state index in [1.54, 1.807) is 0 Å². The summed E-state index contributed by atoms with van der Waals surface area (Å²) in [5.74, 6) is -1.77. The molecule has 0 unspecified atom stereocenters. The Morgan fingerprint density at radius 2 is 1.35 bits per heavy atom. The number of nitrogens with two attached hydrogens (primary N) is 2. The molecule has 10 nitrogen and oxygen atoms in total. The molecule has 1 aliphatic rings. The average Bonchev–Trinajstić information content (AvgIpc) is 2.51. The zero-order valence-corrected chi connectivity index (χ0v) is 14.3. The van der Waals surface area contributed by atoms with Crippen molar-refractivity contribution in [1.82, 2.24) is 0 Å². The lowest BCUT2D eigenvalue weighted by molar-refractivity contribution is 0.0980. The Morgan fingerprint density at radius 1 is 0.769 bits per heavy atom. The number of benzene rings is 2. The average molecular weight is 398 g/mol. The van der Waals surface area contributed by atoms with Crippen LogP contribution >= 0.6 is 0 Å². The van der Waals surface area contributed by atoms with Crippen LogP contribution in [0.25, 0.3) is 0 Å². The van der Waals surface area contributed by atoms with E-state index in [0.717, 1.165) is 24.3 Å². The number of hydrogen-bond donors (Lipinski definition) is 4. The van der Waals surface area contributed by atoms with Crippen molar-refractivity contribution >= 4 is 43.2 Å². The summed E-state index contributed by atoms with van der Waals surface area (Å²) < 4.78 is 63.6. The normalized spacial score (nSPS) is 14.1. The van der Waals surface area contributed by atoms with Gasteiger partial charge >= 0.3 is 0 Å². The minimum atomic E-state index is -4.81. The summed E-state index contributed by atoms with van der Waals surface area (Å²) in [7, 11) is -9.45. The van der Waals surface area contributed by atoms with E-state index in [4.69, 9.17) is 16.0 Å². The SMILES string of the molecule is Nc1cc(S(=O)(=O)O)c(N)c2c1C(=O)c1cc(S(=O)(=O)O)ccc1C2=O. The predicted octanol–water partition coefficient (Wildman–Crippen LogP) is 0.120. The van der Waals surface area contributed by atoms with E-state index in [2.05, 4.69) is 0 Å². The summed E-state index contributed by atoms with van der Waals surface area (Å²) in [6.45, 7) is 0. The number of anilines is 2. The Morgan fingerprint density at radius 3 is 1.88 bits per heavy atom. The Hall–Kier alpha value is -2.80. The van der Waals surface area contributed by atoms with Gasteiger partial charge in [0.1, 0.15) is 4.90 Å². The van der Waals surface area contributed by atoms with Crippen molar-refractivity contribution in [2.24, 2.45) is 0 Å². The summed E-state index contributed by atoms with van der Waals surface area (Å²) in [5, 5.41) is 0. The molecular formula is C14H10N2O8S2. The van der Waals surface area contributed by atoms with Crippen molar-refractivity contribution in [3.63, 3.8) is 0 Å². The van der Waals surface area contributed by atoms with E-state index in [9.17, 15) is 31.0 Å². The molecule has 0 saturated heterocycles. The highest BCUT2D eigenvalue weighted by Crippen LogP contribution is 2.38. The number of fused-ring (bicyclic) bond motifs is 2. The lowest BCUT2D eigenvalue weighted by atomic mass is 9.82. The number of rotatable bonds is 2. The van der Waals surface area contributed by atoms with E-state index in [-0.39, 0.29) is 11.1 Å². The van der Waals surface area contributed by atoms with Gasteiger partial charge in [-0.25, -0.2) is 0 Å². The second-order valence-electron chi connectivity index (χ2n) is 5.44. The van der Waals surface area contributed by atoms with E-state index >= 15 is 0 Å². The van der Waals surface area contributed by atoms with E-state index in [0.29, 0.717) is 0 Å². The quantitative estimate of drug-likeness (QED) is 0.340. The molecule has 12 heteroatoms. The Bertz CT molecular complexity index is 1230. The van der Waals surface area contributed by atoms with E-state index < -0.39 is 64.1 Å². The fourth-order valence-corrected chi connectivity index (χ4v) is 3.89. The second-order valence-corrected chi connectivity index (χ2v) is 8.25. The molecule has 0 aromatic heterocycles. The number of ketones is 2. The molecule has 0 aliphatic heterocycles. The van der Waals surface area contributed by atoms with Gasteiger partial charge in [0.25, 0.3) is 20.2 Å². The van der Waals surface area contributed by atoms with Crippen LogP contribution in [0.3, 0.4) is 0 Å². The van der Waals surface area contributed by atoms with Crippen LogP contribution in [0.2, 0.25) is 0 Å². The van der Waals surface area contributed by atoms with Gasteiger partial charge in [0.05, 0.1) is 21.7 Å². The third-order valence-electron chi connectivity index (χ3n) is 3.87. The molecular weight excluding hydrogens is 388 g/mol. The van der Waals surface area contributed by atoms with Crippen LogP contribution in [-0.2, 0) is 20.2 Å². The first kappa shape index (κ1) is 18.0. The first-order valence-corrected chi connectivity index (χ1v) is 9.62. The number of nitrogen functional groups attached to an aromatic ring is 2. The molecule has 136 valence electrons. The lowest BCUT2D eigenvalue weighted by Gasteiger charge is -2.22. The third kappa shape index (κ3) is 2.55. The molecule has 0 radical (unpaired) electrons. The number of carbonyl (C=O) groups excluding carboxylic acids is 2. The Labute approximate surface area is 146 Å². The molecule has 2 aromatic rings. The van der Waals surface area contributed by atoms with Crippen LogP contribution in [0.15, 0.2) is 34.1 Å². The molecule has 2 aromatic carbocycles. The molecule has 0 spiro atoms. The van der Waals surface area contributed by atoms with Crippen LogP contribution in [0.5, 0.6) is 0 Å². The summed E-state index contributed by atoms with van der Waals surface area (Å²) in [6, 6.07) is 3.42. The summed E-state index contributed by atoms with van der Waals surface area (Å²) in [4.78, 5) is 23.9. The Kier molecular flexibility index (Phi) is 3.70. The third-order valence-corrected chi connectivity index (χ3v) is 5.61.